The van der Waals surface area contributed by atoms with E-state index in [1.165, 1.54) is 0 Å². The van der Waals surface area contributed by atoms with Gasteiger partial charge in [-0.1, -0.05) is 27.7 Å². The number of amides is 2. The first-order chi connectivity index (χ1) is 10.7. The van der Waals surface area contributed by atoms with E-state index in [2.05, 4.69) is 33.0 Å². The number of piperazine rings is 1. The molecule has 2 aliphatic heterocycles. The van der Waals surface area contributed by atoms with E-state index in [0.717, 1.165) is 13.0 Å². The molecule has 0 unspecified atom stereocenters. The third kappa shape index (κ3) is 3.93. The molecule has 2 saturated heterocycles. The van der Waals surface area contributed by atoms with Crippen LogP contribution in [-0.4, -0.2) is 58.9 Å². The second-order valence-electron chi connectivity index (χ2n) is 10.3. The molecule has 0 aromatic rings. The molecule has 0 bridgehead atoms. The summed E-state index contributed by atoms with van der Waals surface area (Å²) in [6.07, 6.45) is 0.905. The van der Waals surface area contributed by atoms with Crippen molar-refractivity contribution in [2.45, 2.75) is 72.9 Å². The Labute approximate surface area is 147 Å². The molecule has 2 heterocycles. The van der Waals surface area contributed by atoms with Gasteiger partial charge in [0, 0.05) is 37.1 Å². The lowest BCUT2D eigenvalue weighted by molar-refractivity contribution is -0.152. The number of carbonyl (C=O) groups is 2. The second kappa shape index (κ2) is 5.72. The molecule has 2 aliphatic rings. The second-order valence-corrected chi connectivity index (χ2v) is 10.3. The van der Waals surface area contributed by atoms with Crippen molar-refractivity contribution in [3.63, 3.8) is 0 Å². The molecular weight excluding hydrogens is 302 g/mol. The van der Waals surface area contributed by atoms with Gasteiger partial charge in [-0.25, -0.2) is 0 Å². The fourth-order valence-corrected chi connectivity index (χ4v) is 4.83. The first kappa shape index (κ1) is 19.2. The maximum atomic E-state index is 12.8. The van der Waals surface area contributed by atoms with Gasteiger partial charge in [-0.3, -0.25) is 14.9 Å². The summed E-state index contributed by atoms with van der Waals surface area (Å²) in [5.74, 6) is 0.327. The van der Waals surface area contributed by atoms with Crippen LogP contribution in [0.1, 0.15) is 61.8 Å². The topological polar surface area (TPSA) is 52.6 Å². The maximum absolute atomic E-state index is 12.8. The monoisotopic (exact) mass is 337 g/mol. The fourth-order valence-electron chi connectivity index (χ4n) is 4.83. The van der Waals surface area contributed by atoms with Gasteiger partial charge in [0.2, 0.25) is 11.8 Å². The van der Waals surface area contributed by atoms with E-state index in [4.69, 9.17) is 0 Å². The molecule has 2 rings (SSSR count). The molecule has 0 radical (unpaired) electrons. The molecule has 24 heavy (non-hydrogen) atoms. The van der Waals surface area contributed by atoms with Crippen molar-refractivity contribution in [3.8, 4) is 0 Å². The van der Waals surface area contributed by atoms with E-state index in [-0.39, 0.29) is 28.2 Å². The van der Waals surface area contributed by atoms with Crippen LogP contribution in [-0.2, 0) is 9.59 Å². The highest BCUT2D eigenvalue weighted by molar-refractivity contribution is 5.87. The van der Waals surface area contributed by atoms with E-state index in [1.54, 1.807) is 0 Å². The van der Waals surface area contributed by atoms with Crippen molar-refractivity contribution in [2.24, 2.45) is 10.8 Å². The summed E-state index contributed by atoms with van der Waals surface area (Å²) in [6.45, 7) is 19.3. The van der Waals surface area contributed by atoms with E-state index in [1.807, 2.05) is 37.5 Å². The molecule has 0 atom stereocenters. The normalized spacial score (nSPS) is 28.2. The molecule has 138 valence electrons. The Kier molecular flexibility index (Phi) is 4.58. The molecule has 5 heteroatoms. The summed E-state index contributed by atoms with van der Waals surface area (Å²) >= 11 is 0. The summed E-state index contributed by atoms with van der Waals surface area (Å²) < 4.78 is 0. The number of nitrogens with one attached hydrogen (secondary N) is 1. The van der Waals surface area contributed by atoms with Crippen LogP contribution >= 0.6 is 0 Å². The summed E-state index contributed by atoms with van der Waals surface area (Å²) in [4.78, 5) is 29.3. The van der Waals surface area contributed by atoms with Crippen LogP contribution < -0.4 is 5.32 Å². The van der Waals surface area contributed by atoms with Crippen LogP contribution in [0.5, 0.6) is 0 Å². The third-order valence-corrected chi connectivity index (χ3v) is 5.10. The first-order valence-electron chi connectivity index (χ1n) is 9.03. The summed E-state index contributed by atoms with van der Waals surface area (Å²) in [6, 6.07) is 0. The van der Waals surface area contributed by atoms with E-state index < -0.39 is 5.54 Å². The minimum Gasteiger partial charge on any atom is -0.340 e. The molecule has 0 aliphatic carbocycles. The summed E-state index contributed by atoms with van der Waals surface area (Å²) in [7, 11) is 0. The number of rotatable bonds is 3. The molecule has 0 saturated carbocycles. The molecule has 0 aromatic carbocycles. The SMILES string of the molecule is CC1(C)CN(CCN2CC(C)(C)NC(C)(C)C2=O)C(=O)C(C)(C)C1. The highest BCUT2D eigenvalue weighted by Crippen LogP contribution is 2.40. The molecule has 0 aromatic heterocycles. The Hall–Kier alpha value is -1.10. The fraction of sp³-hybridized carbons (Fsp3) is 0.895. The highest BCUT2D eigenvalue weighted by atomic mass is 16.2. The Morgan fingerprint density at radius 3 is 1.88 bits per heavy atom. The zero-order chi connectivity index (χ0) is 18.6. The van der Waals surface area contributed by atoms with Crippen molar-refractivity contribution in [1.82, 2.24) is 15.1 Å². The Balaban J connectivity index is 2.09. The number of carbonyl (C=O) groups excluding carboxylic acids is 2. The van der Waals surface area contributed by atoms with Gasteiger partial charge in [0.05, 0.1) is 5.54 Å². The van der Waals surface area contributed by atoms with Crippen molar-refractivity contribution in [3.05, 3.63) is 0 Å². The standard InChI is InChI=1S/C19H35N3O2/c1-16(2)11-17(3,4)14(23)21(12-16)9-10-22-13-18(5,6)20-19(7,8)15(22)24/h20H,9-13H2,1-8H3. The molecule has 2 fully saturated rings. The zero-order valence-corrected chi connectivity index (χ0v) is 16.7. The lowest BCUT2D eigenvalue weighted by atomic mass is 9.70. The minimum atomic E-state index is -0.563. The van der Waals surface area contributed by atoms with Gasteiger partial charge < -0.3 is 9.80 Å². The van der Waals surface area contributed by atoms with Crippen LogP contribution in [0.15, 0.2) is 0 Å². The lowest BCUT2D eigenvalue weighted by Crippen LogP contribution is -2.70. The van der Waals surface area contributed by atoms with E-state index in [0.29, 0.717) is 19.6 Å². The molecule has 2 amide bonds. The summed E-state index contributed by atoms with van der Waals surface area (Å²) in [5.41, 5.74) is -0.898. The first-order valence-corrected chi connectivity index (χ1v) is 9.03. The van der Waals surface area contributed by atoms with Crippen molar-refractivity contribution < 1.29 is 9.59 Å². The average Bonchev–Trinajstić information content (AvgIpc) is 2.34. The largest absolute Gasteiger partial charge is 0.340 e. The van der Waals surface area contributed by atoms with Gasteiger partial charge in [0.1, 0.15) is 0 Å². The predicted octanol–water partition coefficient (Wildman–Crippen LogP) is 2.26. The van der Waals surface area contributed by atoms with Crippen LogP contribution in [0.4, 0.5) is 0 Å². The number of hydrogen-bond donors (Lipinski definition) is 1. The molecular formula is C19H35N3O2. The predicted molar refractivity (Wildman–Crippen MR) is 96.6 cm³/mol. The van der Waals surface area contributed by atoms with Crippen molar-refractivity contribution in [1.29, 1.82) is 0 Å². The van der Waals surface area contributed by atoms with Gasteiger partial charge >= 0.3 is 0 Å². The molecule has 0 spiro atoms. The smallest absolute Gasteiger partial charge is 0.242 e. The third-order valence-electron chi connectivity index (χ3n) is 5.10. The van der Waals surface area contributed by atoms with Crippen LogP contribution in [0.25, 0.3) is 0 Å². The lowest BCUT2D eigenvalue weighted by Gasteiger charge is -2.49. The van der Waals surface area contributed by atoms with Crippen molar-refractivity contribution in [2.75, 3.05) is 26.2 Å². The number of nitrogens with zero attached hydrogens (tertiary/aromatic N) is 2. The summed E-state index contributed by atoms with van der Waals surface area (Å²) in [5, 5.41) is 3.41. The van der Waals surface area contributed by atoms with Crippen LogP contribution in [0.2, 0.25) is 0 Å². The van der Waals surface area contributed by atoms with Gasteiger partial charge in [-0.2, -0.15) is 0 Å². The zero-order valence-electron chi connectivity index (χ0n) is 16.7. The number of piperidine rings is 1. The average molecular weight is 338 g/mol. The van der Waals surface area contributed by atoms with E-state index in [9.17, 15) is 9.59 Å². The minimum absolute atomic E-state index is 0.114. The number of likely N-dealkylation sites (tertiary alicyclic amines) is 1. The quantitative estimate of drug-likeness (QED) is 0.859. The Morgan fingerprint density at radius 2 is 1.33 bits per heavy atom. The van der Waals surface area contributed by atoms with Crippen LogP contribution in [0, 0.1) is 10.8 Å². The maximum Gasteiger partial charge on any atom is 0.242 e. The van der Waals surface area contributed by atoms with Gasteiger partial charge in [0.25, 0.3) is 0 Å². The molecule has 5 nitrogen and oxygen atoms in total. The van der Waals surface area contributed by atoms with E-state index >= 15 is 0 Å². The highest BCUT2D eigenvalue weighted by Gasteiger charge is 2.46. The van der Waals surface area contributed by atoms with Gasteiger partial charge in [0.15, 0.2) is 0 Å². The van der Waals surface area contributed by atoms with Crippen molar-refractivity contribution >= 4 is 11.8 Å². The molecule has 1 N–H and O–H groups in total. The number of hydrogen-bond acceptors (Lipinski definition) is 3. The van der Waals surface area contributed by atoms with Gasteiger partial charge in [-0.05, 0) is 39.5 Å². The Bertz CT molecular complexity index is 487. The van der Waals surface area contributed by atoms with Gasteiger partial charge in [-0.15, -0.1) is 0 Å². The van der Waals surface area contributed by atoms with Crippen LogP contribution in [0.3, 0.4) is 0 Å². The Morgan fingerprint density at radius 1 is 0.833 bits per heavy atom.